The van der Waals surface area contributed by atoms with Crippen LogP contribution >= 0.6 is 0 Å². The van der Waals surface area contributed by atoms with Crippen LogP contribution in [0.1, 0.15) is 24.5 Å². The van der Waals surface area contributed by atoms with Crippen LogP contribution in [0.25, 0.3) is 34.3 Å². The summed E-state index contributed by atoms with van der Waals surface area (Å²) in [5.74, 6) is 3.76. The number of fused-ring (bicyclic) bond motifs is 1. The maximum absolute atomic E-state index is 11.8. The molecule has 0 aliphatic carbocycles. The Morgan fingerprint density at radius 3 is 2.38 bits per heavy atom. The zero-order valence-corrected chi connectivity index (χ0v) is 26.6. The van der Waals surface area contributed by atoms with Crippen LogP contribution < -0.4 is 25.0 Å². The van der Waals surface area contributed by atoms with Gasteiger partial charge in [0.25, 0.3) is 0 Å². The van der Waals surface area contributed by atoms with E-state index in [-0.39, 0.29) is 12.1 Å². The van der Waals surface area contributed by atoms with Crippen LogP contribution in [0, 0.1) is 0 Å². The number of para-hydroxylation sites is 1. The number of anilines is 2. The summed E-state index contributed by atoms with van der Waals surface area (Å²) in [4.78, 5) is 37.4. The third-order valence-electron chi connectivity index (χ3n) is 7.73. The number of primary amides is 1. The van der Waals surface area contributed by atoms with Crippen molar-refractivity contribution >= 4 is 40.8 Å². The molecular formula is C33H40N8O4. The lowest BCUT2D eigenvalue weighted by molar-refractivity contribution is 0.0975. The maximum Gasteiger partial charge on any atom is 0.404 e. The van der Waals surface area contributed by atoms with Crippen molar-refractivity contribution < 1.29 is 19.0 Å². The number of nitrogens with zero attached hydrogens (tertiary/aromatic N) is 7. The number of ether oxygens (including phenoxy) is 3. The minimum Gasteiger partial charge on any atom is -0.493 e. The van der Waals surface area contributed by atoms with Gasteiger partial charge in [-0.05, 0) is 69.5 Å². The molecule has 1 saturated heterocycles. The topological polar surface area (TPSA) is 132 Å². The van der Waals surface area contributed by atoms with Gasteiger partial charge < -0.3 is 34.6 Å². The van der Waals surface area contributed by atoms with E-state index in [1.54, 1.807) is 14.2 Å². The number of nitrogens with two attached hydrogens (primary N) is 1. The van der Waals surface area contributed by atoms with Crippen molar-refractivity contribution in [1.82, 2.24) is 24.8 Å². The zero-order valence-electron chi connectivity index (χ0n) is 26.6. The molecule has 0 saturated carbocycles. The maximum atomic E-state index is 11.8. The molecule has 0 radical (unpaired) electrons. The van der Waals surface area contributed by atoms with Crippen molar-refractivity contribution in [3.63, 3.8) is 0 Å². The largest absolute Gasteiger partial charge is 0.493 e. The number of hydrogen-bond donors (Lipinski definition) is 1. The molecule has 1 fully saturated rings. The van der Waals surface area contributed by atoms with Gasteiger partial charge in [0.15, 0.2) is 23.1 Å². The number of rotatable bonds is 11. The summed E-state index contributed by atoms with van der Waals surface area (Å²) < 4.78 is 16.6. The number of aromatic nitrogens is 4. The molecular weight excluding hydrogens is 572 g/mol. The molecule has 12 nitrogen and oxygen atoms in total. The van der Waals surface area contributed by atoms with Crippen LogP contribution in [0.4, 0.5) is 16.4 Å². The Balaban J connectivity index is 1.59. The fraction of sp³-hybridized carbons (Fsp3) is 0.364. The Morgan fingerprint density at radius 2 is 1.69 bits per heavy atom. The summed E-state index contributed by atoms with van der Waals surface area (Å²) in [7, 11) is 11.2. The highest BCUT2D eigenvalue weighted by Crippen LogP contribution is 2.35. The molecule has 236 valence electrons. The van der Waals surface area contributed by atoms with Crippen LogP contribution in [0.5, 0.6) is 11.5 Å². The van der Waals surface area contributed by atoms with E-state index in [2.05, 4.69) is 9.80 Å². The highest BCUT2D eigenvalue weighted by atomic mass is 16.6. The predicted octanol–water partition coefficient (Wildman–Crippen LogP) is 4.33. The molecule has 0 spiro atoms. The van der Waals surface area contributed by atoms with Crippen LogP contribution in [0.3, 0.4) is 0 Å². The van der Waals surface area contributed by atoms with E-state index in [1.807, 2.05) is 93.8 Å². The van der Waals surface area contributed by atoms with Crippen LogP contribution in [-0.4, -0.2) is 98.6 Å². The van der Waals surface area contributed by atoms with E-state index in [4.69, 9.17) is 39.9 Å². The Morgan fingerprint density at radius 1 is 0.956 bits per heavy atom. The van der Waals surface area contributed by atoms with Gasteiger partial charge in [0.05, 0.1) is 31.5 Å². The van der Waals surface area contributed by atoms with E-state index in [0.29, 0.717) is 47.6 Å². The average molecular weight is 613 g/mol. The van der Waals surface area contributed by atoms with Gasteiger partial charge in [-0.15, -0.1) is 0 Å². The van der Waals surface area contributed by atoms with Crippen molar-refractivity contribution in [2.24, 2.45) is 5.73 Å². The van der Waals surface area contributed by atoms with Gasteiger partial charge in [-0.1, -0.05) is 12.1 Å². The first kappa shape index (κ1) is 31.5. The first-order valence-corrected chi connectivity index (χ1v) is 14.8. The van der Waals surface area contributed by atoms with Gasteiger partial charge in [0, 0.05) is 44.1 Å². The Kier molecular flexibility index (Phi) is 9.62. The molecule has 1 aliphatic heterocycles. The normalized spacial score (nSPS) is 16.5. The Hall–Kier alpha value is -4.97. The van der Waals surface area contributed by atoms with Crippen LogP contribution in [0.2, 0.25) is 0 Å². The van der Waals surface area contributed by atoms with Crippen LogP contribution in [-0.2, 0) is 4.74 Å². The number of hydrogen-bond acceptors (Lipinski definition) is 11. The molecule has 5 rings (SSSR count). The predicted molar refractivity (Wildman–Crippen MR) is 177 cm³/mol. The number of carbonyl (C=O) groups is 1. The molecule has 2 N–H and O–H groups in total. The molecule has 2 unspecified atom stereocenters. The lowest BCUT2D eigenvalue weighted by atomic mass is 10.1. The lowest BCUT2D eigenvalue weighted by Gasteiger charge is -2.30. The molecule has 2 atom stereocenters. The summed E-state index contributed by atoms with van der Waals surface area (Å²) in [5, 5.41) is 0.971. The second kappa shape index (κ2) is 13.8. The summed E-state index contributed by atoms with van der Waals surface area (Å²) in [5.41, 5.74) is 7.82. The third kappa shape index (κ3) is 7.23. The first-order chi connectivity index (χ1) is 21.7. The fourth-order valence-electron chi connectivity index (χ4n) is 5.59. The molecule has 4 aromatic rings. The van der Waals surface area contributed by atoms with Crippen molar-refractivity contribution in [2.45, 2.75) is 25.0 Å². The van der Waals surface area contributed by atoms with Gasteiger partial charge in [-0.3, -0.25) is 0 Å². The SMILES string of the molecule is COc1ccc(-c2cc(N3CCC(OC(N)=O)C3CCN(C)C)nc(/C=C/c3nc(N(C)C)c4ccccc4n3)n2)cc1OC. The highest BCUT2D eigenvalue weighted by molar-refractivity contribution is 5.90. The molecule has 0 bridgehead atoms. The van der Waals surface area contributed by atoms with Crippen molar-refractivity contribution in [1.29, 1.82) is 0 Å². The average Bonchev–Trinajstić information content (AvgIpc) is 3.43. The molecule has 45 heavy (non-hydrogen) atoms. The summed E-state index contributed by atoms with van der Waals surface area (Å²) in [6, 6.07) is 15.4. The number of carbonyl (C=O) groups excluding carboxylic acids is 1. The Bertz CT molecular complexity index is 1690. The van der Waals surface area contributed by atoms with Gasteiger partial charge in [0.1, 0.15) is 17.7 Å². The Labute approximate surface area is 263 Å². The summed E-state index contributed by atoms with van der Waals surface area (Å²) in [6.07, 6.45) is 3.91. The third-order valence-corrected chi connectivity index (χ3v) is 7.73. The van der Waals surface area contributed by atoms with Gasteiger partial charge in [-0.25, -0.2) is 24.7 Å². The first-order valence-electron chi connectivity index (χ1n) is 14.8. The molecule has 1 amide bonds. The second-order valence-electron chi connectivity index (χ2n) is 11.3. The minimum absolute atomic E-state index is 0.114. The van der Waals surface area contributed by atoms with E-state index in [9.17, 15) is 4.79 Å². The smallest absolute Gasteiger partial charge is 0.404 e. The highest BCUT2D eigenvalue weighted by Gasteiger charge is 2.37. The second-order valence-corrected chi connectivity index (χ2v) is 11.3. The summed E-state index contributed by atoms with van der Waals surface area (Å²) in [6.45, 7) is 1.44. The molecule has 12 heteroatoms. The van der Waals surface area contributed by atoms with Crippen LogP contribution in [0.15, 0.2) is 48.5 Å². The summed E-state index contributed by atoms with van der Waals surface area (Å²) >= 11 is 0. The fourth-order valence-corrected chi connectivity index (χ4v) is 5.59. The lowest BCUT2D eigenvalue weighted by Crippen LogP contribution is -2.40. The van der Waals surface area contributed by atoms with Crippen molar-refractivity contribution in [3.8, 4) is 22.8 Å². The number of benzene rings is 2. The zero-order chi connectivity index (χ0) is 32.1. The minimum atomic E-state index is -0.776. The van der Waals surface area contributed by atoms with Crippen molar-refractivity contribution in [3.05, 3.63) is 60.2 Å². The van der Waals surface area contributed by atoms with E-state index >= 15 is 0 Å². The standard InChI is InChI=1S/C33H40N8O4/c1-39(2)17-15-25-26(45-33(34)42)16-18-41(25)31-20-24(21-11-12-27(43-5)28(19-21)44-6)36-29(37-31)13-14-30-35-23-10-8-7-9-22(23)32(38-30)40(3)4/h7-14,19-20,25-26H,15-18H2,1-6H3,(H2,34,42)/b14-13+. The number of methoxy groups -OCH3 is 2. The van der Waals surface area contributed by atoms with E-state index < -0.39 is 6.09 Å². The molecule has 2 aromatic carbocycles. The van der Waals surface area contributed by atoms with Gasteiger partial charge >= 0.3 is 6.09 Å². The molecule has 3 heterocycles. The van der Waals surface area contributed by atoms with E-state index in [1.165, 1.54) is 0 Å². The van der Waals surface area contributed by atoms with E-state index in [0.717, 1.165) is 35.2 Å². The van der Waals surface area contributed by atoms with Crippen molar-refractivity contribution in [2.75, 3.05) is 65.3 Å². The monoisotopic (exact) mass is 612 g/mol. The van der Waals surface area contributed by atoms with Gasteiger partial charge in [-0.2, -0.15) is 0 Å². The number of amides is 1. The quantitative estimate of drug-likeness (QED) is 0.260. The van der Waals surface area contributed by atoms with Gasteiger partial charge in [0.2, 0.25) is 0 Å². The molecule has 2 aromatic heterocycles. The molecule has 1 aliphatic rings.